The first kappa shape index (κ1) is 11.3. The van der Waals surface area contributed by atoms with E-state index in [-0.39, 0.29) is 5.54 Å². The second-order valence-corrected chi connectivity index (χ2v) is 6.37. The molecule has 0 heterocycles. The summed E-state index contributed by atoms with van der Waals surface area (Å²) in [5, 5.41) is 0. The summed E-state index contributed by atoms with van der Waals surface area (Å²) >= 11 is 0. The normalized spacial score (nSPS) is 16.2. The Kier molecular flexibility index (Phi) is 3.02. The lowest BCUT2D eigenvalue weighted by Crippen LogP contribution is -2.40. The van der Waals surface area contributed by atoms with Crippen LogP contribution in [0.5, 0.6) is 0 Å². The van der Waals surface area contributed by atoms with Crippen molar-refractivity contribution in [3.8, 4) is 0 Å². The van der Waals surface area contributed by atoms with Gasteiger partial charge in [0.2, 0.25) is 0 Å². The predicted molar refractivity (Wildman–Crippen MR) is 62.9 cm³/mol. The van der Waals surface area contributed by atoms with Gasteiger partial charge in [-0.1, -0.05) is 18.2 Å². The highest BCUT2D eigenvalue weighted by molar-refractivity contribution is 7.98. The van der Waals surface area contributed by atoms with E-state index >= 15 is 0 Å². The Morgan fingerprint density at radius 3 is 2.14 bits per heavy atom. The van der Waals surface area contributed by atoms with Crippen molar-refractivity contribution in [2.24, 2.45) is 0 Å². The highest BCUT2D eigenvalue weighted by Crippen LogP contribution is 2.11. The summed E-state index contributed by atoms with van der Waals surface area (Å²) in [5.74, 6) is 3.74. The van der Waals surface area contributed by atoms with Crippen LogP contribution in [0, 0.1) is 0 Å². The topological polar surface area (TPSA) is 29.1 Å². The molecule has 14 heavy (non-hydrogen) atoms. The maximum atomic E-state index is 12.2. The molecule has 1 aromatic rings. The molecule has 0 aliphatic carbocycles. The van der Waals surface area contributed by atoms with E-state index in [1.54, 1.807) is 0 Å². The summed E-state index contributed by atoms with van der Waals surface area (Å²) in [6, 6.07) is 9.28. The Morgan fingerprint density at radius 1 is 1.21 bits per heavy atom. The molecular formula is C11H17NOS. The van der Waals surface area contributed by atoms with Gasteiger partial charge in [0.25, 0.3) is 0 Å². The van der Waals surface area contributed by atoms with Gasteiger partial charge in [0.05, 0.1) is 9.71 Å². The third-order valence-electron chi connectivity index (χ3n) is 1.60. The first-order valence-electron chi connectivity index (χ1n) is 4.52. The van der Waals surface area contributed by atoms with Crippen LogP contribution in [0.3, 0.4) is 0 Å². The van der Waals surface area contributed by atoms with Gasteiger partial charge in [-0.15, -0.1) is 0 Å². The summed E-state index contributed by atoms with van der Waals surface area (Å²) in [6.45, 7) is 5.92. The highest BCUT2D eigenvalue weighted by Gasteiger charge is 2.16. The number of hydrogen-bond acceptors (Lipinski definition) is 1. The lowest BCUT2D eigenvalue weighted by atomic mass is 10.1. The molecular weight excluding hydrogens is 194 g/mol. The van der Waals surface area contributed by atoms with E-state index in [9.17, 15) is 4.21 Å². The maximum absolute atomic E-state index is 12.2. The second kappa shape index (κ2) is 3.75. The molecule has 3 heteroatoms. The molecule has 0 amide bonds. The van der Waals surface area contributed by atoms with E-state index < -0.39 is 9.71 Å². The zero-order valence-corrected chi connectivity index (χ0v) is 9.73. The van der Waals surface area contributed by atoms with E-state index in [1.165, 1.54) is 0 Å². The number of nitrogens with one attached hydrogen (secondary N) is 1. The highest BCUT2D eigenvalue weighted by atomic mass is 32.2. The Bertz CT molecular complexity index is 387. The van der Waals surface area contributed by atoms with Crippen molar-refractivity contribution in [3.63, 3.8) is 0 Å². The summed E-state index contributed by atoms with van der Waals surface area (Å²) < 4.78 is 15.2. The predicted octanol–water partition coefficient (Wildman–Crippen LogP) is 2.06. The van der Waals surface area contributed by atoms with Crippen molar-refractivity contribution in [2.45, 2.75) is 31.2 Å². The van der Waals surface area contributed by atoms with E-state index in [2.05, 4.69) is 10.6 Å². The third kappa shape index (κ3) is 3.16. The average Bonchev–Trinajstić information content (AvgIpc) is 2.01. The lowest BCUT2D eigenvalue weighted by Gasteiger charge is -2.23. The van der Waals surface area contributed by atoms with Crippen LogP contribution in [0.25, 0.3) is 0 Å². The number of rotatable bonds is 2. The van der Waals surface area contributed by atoms with Gasteiger partial charge in [-0.2, -0.15) is 0 Å². The molecule has 0 radical (unpaired) electrons. The van der Waals surface area contributed by atoms with Gasteiger partial charge in [0, 0.05) is 10.4 Å². The minimum absolute atomic E-state index is 0.200. The van der Waals surface area contributed by atoms with Crippen molar-refractivity contribution >= 4 is 15.6 Å². The first-order chi connectivity index (χ1) is 6.31. The summed E-state index contributed by atoms with van der Waals surface area (Å²) in [5.41, 5.74) is -0.200. The molecule has 0 spiro atoms. The van der Waals surface area contributed by atoms with Crippen molar-refractivity contribution in [1.82, 2.24) is 4.72 Å². The van der Waals surface area contributed by atoms with Crippen LogP contribution >= 0.6 is 0 Å². The Labute approximate surface area is 86.5 Å². The molecule has 0 aliphatic heterocycles. The van der Waals surface area contributed by atoms with Gasteiger partial charge < -0.3 is 0 Å². The van der Waals surface area contributed by atoms with Gasteiger partial charge in [-0.3, -0.25) is 0 Å². The Hall–Kier alpha value is -0.800. The van der Waals surface area contributed by atoms with Crippen molar-refractivity contribution in [3.05, 3.63) is 30.3 Å². The van der Waals surface area contributed by atoms with Crippen LogP contribution in [0.4, 0.5) is 0 Å². The first-order valence-corrected chi connectivity index (χ1v) is 6.25. The van der Waals surface area contributed by atoms with Crippen LogP contribution in [0.15, 0.2) is 35.2 Å². The monoisotopic (exact) mass is 211 g/mol. The number of benzene rings is 1. The maximum Gasteiger partial charge on any atom is 0.0537 e. The Morgan fingerprint density at radius 2 is 1.71 bits per heavy atom. The molecule has 0 fully saturated rings. The third-order valence-corrected chi connectivity index (χ3v) is 3.57. The lowest BCUT2D eigenvalue weighted by molar-refractivity contribution is 0.518. The fourth-order valence-electron chi connectivity index (χ4n) is 1.19. The zero-order valence-electron chi connectivity index (χ0n) is 8.91. The molecule has 0 saturated carbocycles. The average molecular weight is 211 g/mol. The van der Waals surface area contributed by atoms with E-state index in [0.717, 1.165) is 4.90 Å². The fraction of sp³-hybridized carbons (Fsp3) is 0.364. The molecule has 0 bridgehead atoms. The van der Waals surface area contributed by atoms with Gasteiger partial charge in [0.15, 0.2) is 0 Å². The molecule has 1 rings (SSSR count). The van der Waals surface area contributed by atoms with Crippen molar-refractivity contribution < 1.29 is 4.21 Å². The van der Waals surface area contributed by atoms with Crippen LogP contribution < -0.4 is 4.72 Å². The summed E-state index contributed by atoms with van der Waals surface area (Å²) in [7, 11) is -2.37. The SMILES string of the molecule is C=S(=O)(NC(C)(C)C)c1ccccc1. The van der Waals surface area contributed by atoms with Gasteiger partial charge in [0.1, 0.15) is 0 Å². The van der Waals surface area contributed by atoms with Gasteiger partial charge >= 0.3 is 0 Å². The number of hydrogen-bond donors (Lipinski definition) is 1. The van der Waals surface area contributed by atoms with Crippen LogP contribution in [-0.4, -0.2) is 15.6 Å². The molecule has 2 nitrogen and oxygen atoms in total. The molecule has 78 valence electrons. The van der Waals surface area contributed by atoms with E-state index in [1.807, 2.05) is 51.1 Å². The molecule has 0 saturated heterocycles. The summed E-state index contributed by atoms with van der Waals surface area (Å²) in [4.78, 5) is 0.745. The Balaban J connectivity index is 2.99. The fourth-order valence-corrected chi connectivity index (χ4v) is 2.90. The second-order valence-electron chi connectivity index (χ2n) is 4.34. The smallest absolute Gasteiger partial charge is 0.0537 e. The summed E-state index contributed by atoms with van der Waals surface area (Å²) in [6.07, 6.45) is 0. The van der Waals surface area contributed by atoms with Crippen molar-refractivity contribution in [2.75, 3.05) is 0 Å². The van der Waals surface area contributed by atoms with E-state index in [4.69, 9.17) is 0 Å². The van der Waals surface area contributed by atoms with Gasteiger partial charge in [-0.05, 0) is 38.8 Å². The minimum Gasteiger partial charge on any atom is -0.248 e. The minimum atomic E-state index is -2.37. The van der Waals surface area contributed by atoms with Crippen LogP contribution in [0.1, 0.15) is 20.8 Å². The molecule has 1 N–H and O–H groups in total. The molecule has 1 atom stereocenters. The van der Waals surface area contributed by atoms with E-state index in [0.29, 0.717) is 0 Å². The quantitative estimate of drug-likeness (QED) is 0.745. The van der Waals surface area contributed by atoms with Crippen LogP contribution in [-0.2, 0) is 9.71 Å². The van der Waals surface area contributed by atoms with Crippen molar-refractivity contribution in [1.29, 1.82) is 0 Å². The molecule has 1 aromatic carbocycles. The molecule has 0 aromatic heterocycles. The zero-order chi connectivity index (χ0) is 10.8. The molecule has 1 unspecified atom stereocenters. The van der Waals surface area contributed by atoms with Crippen LogP contribution in [0.2, 0.25) is 0 Å². The standard InChI is InChI=1S/C11H17NOS/c1-11(2,3)12-14(4,13)10-8-6-5-7-9-10/h5-9H,4H2,1-3H3,(H,12,13). The van der Waals surface area contributed by atoms with Gasteiger partial charge in [-0.25, -0.2) is 8.93 Å². The largest absolute Gasteiger partial charge is 0.248 e. The molecule has 0 aliphatic rings.